The van der Waals surface area contributed by atoms with E-state index in [-0.39, 0.29) is 19.0 Å². The van der Waals surface area contributed by atoms with Crippen LogP contribution >= 0.6 is 0 Å². The second-order valence-corrected chi connectivity index (χ2v) is 5.05. The molecule has 0 aromatic heterocycles. The molecule has 1 rings (SSSR count). The molecular weight excluding hydrogens is 220 g/mol. The number of hydrogen-bond donors (Lipinski definition) is 1. The average molecular weight is 242 g/mol. The molecule has 0 saturated carbocycles. The first-order chi connectivity index (χ1) is 7.99. The molecule has 0 radical (unpaired) electrons. The smallest absolute Gasteiger partial charge is 0.317 e. The molecule has 5 heteroatoms. The summed E-state index contributed by atoms with van der Waals surface area (Å²) in [5.74, 6) is -0.454. The summed E-state index contributed by atoms with van der Waals surface area (Å²) in [4.78, 5) is 26.2. The second kappa shape index (κ2) is 6.59. The zero-order valence-corrected chi connectivity index (χ0v) is 10.7. The lowest BCUT2D eigenvalue weighted by molar-refractivity contribution is -0.139. The molecule has 1 N–H and O–H groups in total. The molecule has 1 aliphatic rings. The minimum absolute atomic E-state index is 0.0578. The number of carbonyl (C=O) groups is 2. The zero-order chi connectivity index (χ0) is 12.8. The zero-order valence-electron chi connectivity index (χ0n) is 10.7. The minimum Gasteiger partial charge on any atom is -0.480 e. The standard InChI is InChI=1S/C12H22N2O3/c1-10(2)7-13(9-12(16)17)8-11(15)14-5-3-4-6-14/h10H,3-9H2,1-2H3,(H,16,17). The number of carboxylic acids is 1. The Hall–Kier alpha value is -1.10. The molecule has 0 bridgehead atoms. The highest BCUT2D eigenvalue weighted by Crippen LogP contribution is 2.08. The van der Waals surface area contributed by atoms with E-state index in [0.29, 0.717) is 12.5 Å². The number of likely N-dealkylation sites (tertiary alicyclic amines) is 1. The summed E-state index contributed by atoms with van der Waals surface area (Å²) in [5.41, 5.74) is 0. The first kappa shape index (κ1) is 14.0. The van der Waals surface area contributed by atoms with Gasteiger partial charge in [-0.15, -0.1) is 0 Å². The highest BCUT2D eigenvalue weighted by molar-refractivity contribution is 5.79. The fourth-order valence-electron chi connectivity index (χ4n) is 2.15. The van der Waals surface area contributed by atoms with Crippen molar-refractivity contribution in [2.45, 2.75) is 26.7 Å². The summed E-state index contributed by atoms with van der Waals surface area (Å²) in [6.07, 6.45) is 2.13. The monoisotopic (exact) mass is 242 g/mol. The third-order valence-corrected chi connectivity index (χ3v) is 2.80. The van der Waals surface area contributed by atoms with Gasteiger partial charge in [-0.2, -0.15) is 0 Å². The Bertz CT molecular complexity index is 273. The van der Waals surface area contributed by atoms with Gasteiger partial charge >= 0.3 is 5.97 Å². The van der Waals surface area contributed by atoms with E-state index in [2.05, 4.69) is 0 Å². The van der Waals surface area contributed by atoms with Crippen molar-refractivity contribution in [2.24, 2.45) is 5.92 Å². The largest absolute Gasteiger partial charge is 0.480 e. The number of carbonyl (C=O) groups excluding carboxylic acids is 1. The van der Waals surface area contributed by atoms with Crippen molar-refractivity contribution in [1.29, 1.82) is 0 Å². The summed E-state index contributed by atoms with van der Waals surface area (Å²) in [5, 5.41) is 8.81. The molecule has 1 amide bonds. The molecule has 0 aliphatic carbocycles. The van der Waals surface area contributed by atoms with Gasteiger partial charge in [0, 0.05) is 19.6 Å². The maximum absolute atomic E-state index is 11.9. The Morgan fingerprint density at radius 3 is 2.29 bits per heavy atom. The number of nitrogens with zero attached hydrogens (tertiary/aromatic N) is 2. The molecule has 0 unspecified atom stereocenters. The van der Waals surface area contributed by atoms with Gasteiger partial charge < -0.3 is 10.0 Å². The summed E-state index contributed by atoms with van der Waals surface area (Å²) in [6, 6.07) is 0. The van der Waals surface area contributed by atoms with Crippen LogP contribution in [-0.2, 0) is 9.59 Å². The lowest BCUT2D eigenvalue weighted by Crippen LogP contribution is -2.42. The van der Waals surface area contributed by atoms with Crippen molar-refractivity contribution in [1.82, 2.24) is 9.80 Å². The van der Waals surface area contributed by atoms with Crippen LogP contribution in [0.25, 0.3) is 0 Å². The third kappa shape index (κ3) is 5.17. The van der Waals surface area contributed by atoms with Crippen LogP contribution < -0.4 is 0 Å². The van der Waals surface area contributed by atoms with Crippen molar-refractivity contribution < 1.29 is 14.7 Å². The van der Waals surface area contributed by atoms with E-state index in [1.165, 1.54) is 0 Å². The molecule has 98 valence electrons. The van der Waals surface area contributed by atoms with Crippen LogP contribution in [0.1, 0.15) is 26.7 Å². The summed E-state index contributed by atoms with van der Waals surface area (Å²) < 4.78 is 0. The quantitative estimate of drug-likeness (QED) is 0.743. The maximum atomic E-state index is 11.9. The molecule has 0 atom stereocenters. The van der Waals surface area contributed by atoms with Gasteiger partial charge in [0.1, 0.15) is 0 Å². The first-order valence-corrected chi connectivity index (χ1v) is 6.21. The van der Waals surface area contributed by atoms with Crippen LogP contribution in [0, 0.1) is 5.92 Å². The molecular formula is C12H22N2O3. The van der Waals surface area contributed by atoms with Gasteiger partial charge in [0.2, 0.25) is 5.91 Å². The molecule has 17 heavy (non-hydrogen) atoms. The van der Waals surface area contributed by atoms with Crippen molar-refractivity contribution in [2.75, 3.05) is 32.7 Å². The molecule has 0 aromatic carbocycles. The fourth-order valence-corrected chi connectivity index (χ4v) is 2.15. The first-order valence-electron chi connectivity index (χ1n) is 6.21. The molecule has 0 spiro atoms. The molecule has 1 aliphatic heterocycles. The molecule has 0 aromatic rings. The van der Waals surface area contributed by atoms with Crippen molar-refractivity contribution in [3.63, 3.8) is 0 Å². The van der Waals surface area contributed by atoms with E-state index >= 15 is 0 Å². The van der Waals surface area contributed by atoms with Gasteiger partial charge in [-0.25, -0.2) is 0 Å². The maximum Gasteiger partial charge on any atom is 0.317 e. The average Bonchev–Trinajstić information content (AvgIpc) is 2.67. The van der Waals surface area contributed by atoms with E-state index in [0.717, 1.165) is 25.9 Å². The Balaban J connectivity index is 2.45. The SMILES string of the molecule is CC(C)CN(CC(=O)O)CC(=O)N1CCCC1. The summed E-state index contributed by atoms with van der Waals surface area (Å²) in [6.45, 7) is 6.50. The van der Waals surface area contributed by atoms with Crippen molar-refractivity contribution in [3.8, 4) is 0 Å². The number of hydrogen-bond acceptors (Lipinski definition) is 3. The Morgan fingerprint density at radius 1 is 1.24 bits per heavy atom. The van der Waals surface area contributed by atoms with Crippen LogP contribution in [0.2, 0.25) is 0 Å². The normalized spacial score (nSPS) is 15.9. The second-order valence-electron chi connectivity index (χ2n) is 5.05. The van der Waals surface area contributed by atoms with E-state index < -0.39 is 5.97 Å². The van der Waals surface area contributed by atoms with Gasteiger partial charge in [0.25, 0.3) is 0 Å². The number of carboxylic acid groups (broad SMARTS) is 1. The molecule has 1 fully saturated rings. The Kier molecular flexibility index (Phi) is 5.41. The topological polar surface area (TPSA) is 60.9 Å². The van der Waals surface area contributed by atoms with Gasteiger partial charge in [-0.05, 0) is 18.8 Å². The fraction of sp³-hybridized carbons (Fsp3) is 0.833. The van der Waals surface area contributed by atoms with Gasteiger partial charge in [-0.1, -0.05) is 13.8 Å². The van der Waals surface area contributed by atoms with E-state index in [1.807, 2.05) is 18.7 Å². The van der Waals surface area contributed by atoms with E-state index in [9.17, 15) is 9.59 Å². The van der Waals surface area contributed by atoms with Crippen molar-refractivity contribution >= 4 is 11.9 Å². The lowest BCUT2D eigenvalue weighted by atomic mass is 10.2. The van der Waals surface area contributed by atoms with Gasteiger partial charge in [0.15, 0.2) is 0 Å². The molecule has 5 nitrogen and oxygen atoms in total. The van der Waals surface area contributed by atoms with E-state index in [1.54, 1.807) is 4.90 Å². The number of rotatable bonds is 6. The van der Waals surface area contributed by atoms with Gasteiger partial charge in [0.05, 0.1) is 13.1 Å². The van der Waals surface area contributed by atoms with Crippen molar-refractivity contribution in [3.05, 3.63) is 0 Å². The lowest BCUT2D eigenvalue weighted by Gasteiger charge is -2.24. The van der Waals surface area contributed by atoms with Crippen LogP contribution in [0.15, 0.2) is 0 Å². The summed E-state index contributed by atoms with van der Waals surface area (Å²) >= 11 is 0. The van der Waals surface area contributed by atoms with Gasteiger partial charge in [-0.3, -0.25) is 14.5 Å². The third-order valence-electron chi connectivity index (χ3n) is 2.80. The predicted octanol–water partition coefficient (Wildman–Crippen LogP) is 0.651. The highest BCUT2D eigenvalue weighted by Gasteiger charge is 2.21. The highest BCUT2D eigenvalue weighted by atomic mass is 16.4. The Labute approximate surface area is 102 Å². The predicted molar refractivity (Wildman–Crippen MR) is 64.7 cm³/mol. The van der Waals surface area contributed by atoms with E-state index in [4.69, 9.17) is 5.11 Å². The minimum atomic E-state index is -0.875. The number of aliphatic carboxylic acids is 1. The number of amides is 1. The Morgan fingerprint density at radius 2 is 1.82 bits per heavy atom. The summed E-state index contributed by atoms with van der Waals surface area (Å²) in [7, 11) is 0. The molecule has 1 heterocycles. The van der Waals surface area contributed by atoms with Crippen LogP contribution in [0.4, 0.5) is 0 Å². The van der Waals surface area contributed by atoms with Crippen LogP contribution in [0.3, 0.4) is 0 Å². The van der Waals surface area contributed by atoms with Crippen LogP contribution in [-0.4, -0.2) is 59.5 Å². The molecule has 1 saturated heterocycles. The van der Waals surface area contributed by atoms with Crippen LogP contribution in [0.5, 0.6) is 0 Å².